The van der Waals surface area contributed by atoms with Crippen molar-refractivity contribution in [1.29, 1.82) is 0 Å². The van der Waals surface area contributed by atoms with Gasteiger partial charge in [0.25, 0.3) is 0 Å². The molecule has 1 atom stereocenters. The Labute approximate surface area is 97.6 Å². The molecule has 86 valence electrons. The molecule has 16 heavy (non-hydrogen) atoms. The van der Waals surface area contributed by atoms with Gasteiger partial charge in [-0.3, -0.25) is 0 Å². The summed E-state index contributed by atoms with van der Waals surface area (Å²) in [6.45, 7) is 5.64. The summed E-state index contributed by atoms with van der Waals surface area (Å²) in [6.07, 6.45) is 2.86. The van der Waals surface area contributed by atoms with Gasteiger partial charge in [-0.15, -0.1) is 0 Å². The molecule has 0 bridgehead atoms. The lowest BCUT2D eigenvalue weighted by atomic mass is 10.1. The monoisotopic (exact) mass is 216 g/mol. The molecule has 0 radical (unpaired) electrons. The van der Waals surface area contributed by atoms with Gasteiger partial charge in [-0.1, -0.05) is 12.1 Å². The lowest BCUT2D eigenvalue weighted by Gasteiger charge is -2.35. The van der Waals surface area contributed by atoms with Gasteiger partial charge in [0.1, 0.15) is 0 Å². The quantitative estimate of drug-likeness (QED) is 0.815. The Kier molecular flexibility index (Phi) is 2.60. The first-order chi connectivity index (χ1) is 7.83. The second kappa shape index (κ2) is 4.10. The number of rotatable bonds is 2. The molecule has 1 aromatic carbocycles. The summed E-state index contributed by atoms with van der Waals surface area (Å²) in [4.78, 5) is 2.53. The molecule has 1 aliphatic carbocycles. The third-order valence-corrected chi connectivity index (χ3v) is 3.76. The van der Waals surface area contributed by atoms with Crippen LogP contribution in [0.4, 0.5) is 5.69 Å². The topological polar surface area (TPSA) is 15.3 Å². The largest absolute Gasteiger partial charge is 0.369 e. The first-order valence-electron chi connectivity index (χ1n) is 6.38. The molecule has 2 heteroatoms. The second-order valence-electron chi connectivity index (χ2n) is 5.18. The molecule has 2 nitrogen and oxygen atoms in total. The lowest BCUT2D eigenvalue weighted by molar-refractivity contribution is 0.419. The van der Waals surface area contributed by atoms with E-state index in [1.807, 2.05) is 0 Å². The molecule has 1 heterocycles. The molecule has 0 amide bonds. The number of aryl methyl sites for hydroxylation is 1. The van der Waals surface area contributed by atoms with E-state index >= 15 is 0 Å². The molecule has 1 aliphatic heterocycles. The predicted octanol–water partition coefficient (Wildman–Crippen LogP) is 2.18. The van der Waals surface area contributed by atoms with Crippen molar-refractivity contribution in [3.05, 3.63) is 29.8 Å². The zero-order chi connectivity index (χ0) is 11.0. The van der Waals surface area contributed by atoms with Crippen LogP contribution in [0.2, 0.25) is 0 Å². The summed E-state index contributed by atoms with van der Waals surface area (Å²) in [5.41, 5.74) is 2.76. The fourth-order valence-corrected chi connectivity index (χ4v) is 2.65. The maximum absolute atomic E-state index is 3.65. The van der Waals surface area contributed by atoms with Crippen LogP contribution >= 0.6 is 0 Å². The van der Waals surface area contributed by atoms with Crippen molar-refractivity contribution in [1.82, 2.24) is 5.32 Å². The Morgan fingerprint density at radius 1 is 1.31 bits per heavy atom. The number of piperazine rings is 1. The van der Waals surface area contributed by atoms with Crippen LogP contribution in [0, 0.1) is 12.8 Å². The molecular formula is C14H20N2. The van der Waals surface area contributed by atoms with E-state index in [1.54, 1.807) is 0 Å². The fourth-order valence-electron chi connectivity index (χ4n) is 2.65. The van der Waals surface area contributed by atoms with Gasteiger partial charge in [-0.25, -0.2) is 0 Å². The summed E-state index contributed by atoms with van der Waals surface area (Å²) >= 11 is 0. The smallest absolute Gasteiger partial charge is 0.0369 e. The summed E-state index contributed by atoms with van der Waals surface area (Å²) < 4.78 is 0. The molecule has 1 N–H and O–H groups in total. The van der Waals surface area contributed by atoms with Crippen molar-refractivity contribution in [2.45, 2.75) is 25.8 Å². The highest BCUT2D eigenvalue weighted by atomic mass is 15.2. The number of hydrogen-bond donors (Lipinski definition) is 1. The maximum Gasteiger partial charge on any atom is 0.0369 e. The van der Waals surface area contributed by atoms with Crippen molar-refractivity contribution in [3.63, 3.8) is 0 Å². The Hall–Kier alpha value is -1.02. The van der Waals surface area contributed by atoms with Crippen molar-refractivity contribution >= 4 is 5.69 Å². The van der Waals surface area contributed by atoms with E-state index in [4.69, 9.17) is 0 Å². The number of anilines is 1. The standard InChI is InChI=1S/C14H20N2/c1-11-3-2-4-13(9-11)16-8-7-15-14(10-16)12-5-6-12/h2-4,9,12,14-15H,5-8,10H2,1H3. The number of benzene rings is 1. The van der Waals surface area contributed by atoms with Crippen LogP contribution < -0.4 is 10.2 Å². The highest BCUT2D eigenvalue weighted by Gasteiger charge is 2.33. The van der Waals surface area contributed by atoms with Crippen LogP contribution in [0.5, 0.6) is 0 Å². The van der Waals surface area contributed by atoms with E-state index in [9.17, 15) is 0 Å². The Morgan fingerprint density at radius 3 is 2.94 bits per heavy atom. The van der Waals surface area contributed by atoms with Gasteiger partial charge in [0.15, 0.2) is 0 Å². The first-order valence-corrected chi connectivity index (χ1v) is 6.38. The van der Waals surface area contributed by atoms with Gasteiger partial charge in [-0.05, 0) is 43.4 Å². The molecular weight excluding hydrogens is 196 g/mol. The minimum absolute atomic E-state index is 0.731. The van der Waals surface area contributed by atoms with E-state index in [0.29, 0.717) is 0 Å². The Morgan fingerprint density at radius 2 is 2.19 bits per heavy atom. The molecule has 2 fully saturated rings. The van der Waals surface area contributed by atoms with E-state index in [1.165, 1.54) is 30.6 Å². The zero-order valence-corrected chi connectivity index (χ0v) is 9.95. The van der Waals surface area contributed by atoms with Crippen molar-refractivity contribution in [3.8, 4) is 0 Å². The third-order valence-electron chi connectivity index (χ3n) is 3.76. The van der Waals surface area contributed by atoms with E-state index in [2.05, 4.69) is 41.4 Å². The predicted molar refractivity (Wildman–Crippen MR) is 67.9 cm³/mol. The molecule has 1 aromatic rings. The number of nitrogens with one attached hydrogen (secondary N) is 1. The van der Waals surface area contributed by atoms with Crippen molar-refractivity contribution in [2.24, 2.45) is 5.92 Å². The zero-order valence-electron chi connectivity index (χ0n) is 9.95. The van der Waals surface area contributed by atoms with Crippen LogP contribution in [0.1, 0.15) is 18.4 Å². The summed E-state index contributed by atoms with van der Waals surface area (Å²) in [7, 11) is 0. The van der Waals surface area contributed by atoms with E-state index < -0.39 is 0 Å². The minimum atomic E-state index is 0.731. The van der Waals surface area contributed by atoms with Crippen molar-refractivity contribution in [2.75, 3.05) is 24.5 Å². The summed E-state index contributed by atoms with van der Waals surface area (Å²) in [6, 6.07) is 9.61. The third kappa shape index (κ3) is 2.07. The van der Waals surface area contributed by atoms with Crippen molar-refractivity contribution < 1.29 is 0 Å². The molecule has 1 saturated heterocycles. The maximum atomic E-state index is 3.65. The molecule has 3 rings (SSSR count). The van der Waals surface area contributed by atoms with Crippen LogP contribution in [-0.4, -0.2) is 25.7 Å². The second-order valence-corrected chi connectivity index (χ2v) is 5.18. The summed E-state index contributed by atoms with van der Waals surface area (Å²) in [5.74, 6) is 0.951. The van der Waals surface area contributed by atoms with Crippen LogP contribution in [-0.2, 0) is 0 Å². The van der Waals surface area contributed by atoms with Gasteiger partial charge < -0.3 is 10.2 Å². The normalized spacial score (nSPS) is 25.8. The van der Waals surface area contributed by atoms with Gasteiger partial charge >= 0.3 is 0 Å². The SMILES string of the molecule is Cc1cccc(N2CCNC(C3CC3)C2)c1. The van der Waals surface area contributed by atoms with Gasteiger partial charge in [0, 0.05) is 31.4 Å². The molecule has 1 unspecified atom stereocenters. The molecule has 0 spiro atoms. The average Bonchev–Trinajstić information content (AvgIpc) is 3.13. The first kappa shape index (κ1) is 10.2. The van der Waals surface area contributed by atoms with E-state index in [-0.39, 0.29) is 0 Å². The van der Waals surface area contributed by atoms with Crippen LogP contribution in [0.15, 0.2) is 24.3 Å². The average molecular weight is 216 g/mol. The fraction of sp³-hybridized carbons (Fsp3) is 0.571. The van der Waals surface area contributed by atoms with E-state index in [0.717, 1.165) is 25.0 Å². The highest BCUT2D eigenvalue weighted by molar-refractivity contribution is 5.49. The minimum Gasteiger partial charge on any atom is -0.369 e. The number of hydrogen-bond acceptors (Lipinski definition) is 2. The van der Waals surface area contributed by atoms with Gasteiger partial charge in [0.05, 0.1) is 0 Å². The molecule has 2 aliphatic rings. The van der Waals surface area contributed by atoms with Gasteiger partial charge in [0.2, 0.25) is 0 Å². The van der Waals surface area contributed by atoms with Gasteiger partial charge in [-0.2, -0.15) is 0 Å². The molecule has 0 aromatic heterocycles. The van der Waals surface area contributed by atoms with Crippen LogP contribution in [0.25, 0.3) is 0 Å². The van der Waals surface area contributed by atoms with Crippen LogP contribution in [0.3, 0.4) is 0 Å². The summed E-state index contributed by atoms with van der Waals surface area (Å²) in [5, 5.41) is 3.65. The lowest BCUT2D eigenvalue weighted by Crippen LogP contribution is -2.51. The highest BCUT2D eigenvalue weighted by Crippen LogP contribution is 2.34. The molecule has 1 saturated carbocycles. The Bertz CT molecular complexity index is 371. The number of nitrogens with zero attached hydrogens (tertiary/aromatic N) is 1. The Balaban J connectivity index is 1.73.